The molecule has 0 aromatic carbocycles. The highest BCUT2D eigenvalue weighted by molar-refractivity contribution is 5.89. The molecule has 0 bridgehead atoms. The number of hydrogen-bond donors (Lipinski definition) is 1. The van der Waals surface area contributed by atoms with Gasteiger partial charge in [0.1, 0.15) is 0 Å². The third kappa shape index (κ3) is 3.67. The molecule has 0 saturated heterocycles. The van der Waals surface area contributed by atoms with Gasteiger partial charge >= 0.3 is 0 Å². The average Bonchev–Trinajstić information content (AvgIpc) is 2.06. The molecule has 1 N–H and O–H groups in total. The van der Waals surface area contributed by atoms with Crippen molar-refractivity contribution in [3.05, 3.63) is 12.7 Å². The van der Waals surface area contributed by atoms with Crippen molar-refractivity contribution in [2.24, 2.45) is 5.92 Å². The Morgan fingerprint density at radius 3 is 2.33 bits per heavy atom. The standard InChI is InChI=1S/C10H18O2/c1-4-8(5-2)10(12)7-9(11)6-3/h6,8,10,12H,3-5,7H2,1-2H3/t10-/m1/s1. The van der Waals surface area contributed by atoms with E-state index in [0.717, 1.165) is 12.8 Å². The second-order valence-electron chi connectivity index (χ2n) is 3.02. The van der Waals surface area contributed by atoms with Crippen molar-refractivity contribution < 1.29 is 9.90 Å². The molecule has 2 heteroatoms. The molecule has 70 valence electrons. The van der Waals surface area contributed by atoms with Gasteiger partial charge in [-0.1, -0.05) is 33.3 Å². The van der Waals surface area contributed by atoms with Crippen molar-refractivity contribution >= 4 is 5.78 Å². The Kier molecular flexibility index (Phi) is 5.64. The van der Waals surface area contributed by atoms with Gasteiger partial charge in [-0.3, -0.25) is 4.79 Å². The molecule has 0 unspecified atom stereocenters. The summed E-state index contributed by atoms with van der Waals surface area (Å²) >= 11 is 0. The van der Waals surface area contributed by atoms with E-state index in [9.17, 15) is 9.90 Å². The largest absolute Gasteiger partial charge is 0.392 e. The van der Waals surface area contributed by atoms with Crippen molar-refractivity contribution in [2.75, 3.05) is 0 Å². The van der Waals surface area contributed by atoms with Crippen LogP contribution in [0.1, 0.15) is 33.1 Å². The first-order valence-electron chi connectivity index (χ1n) is 4.49. The lowest BCUT2D eigenvalue weighted by Gasteiger charge is -2.18. The highest BCUT2D eigenvalue weighted by atomic mass is 16.3. The molecule has 0 aliphatic heterocycles. The van der Waals surface area contributed by atoms with Crippen LogP contribution in [0.25, 0.3) is 0 Å². The van der Waals surface area contributed by atoms with Gasteiger partial charge in [0.25, 0.3) is 0 Å². The second-order valence-corrected chi connectivity index (χ2v) is 3.02. The van der Waals surface area contributed by atoms with Crippen LogP contribution in [-0.4, -0.2) is 17.0 Å². The van der Waals surface area contributed by atoms with Crippen LogP contribution in [0.15, 0.2) is 12.7 Å². The fraction of sp³-hybridized carbons (Fsp3) is 0.700. The van der Waals surface area contributed by atoms with Crippen LogP contribution in [0.4, 0.5) is 0 Å². The predicted octanol–water partition coefficient (Wildman–Crippen LogP) is 1.93. The molecular weight excluding hydrogens is 152 g/mol. The molecule has 0 fully saturated rings. The normalized spacial score (nSPS) is 13.0. The van der Waals surface area contributed by atoms with Gasteiger partial charge in [0.05, 0.1) is 6.10 Å². The topological polar surface area (TPSA) is 37.3 Å². The van der Waals surface area contributed by atoms with Gasteiger partial charge in [0, 0.05) is 6.42 Å². The maximum Gasteiger partial charge on any atom is 0.157 e. The lowest BCUT2D eigenvalue weighted by atomic mass is 9.93. The van der Waals surface area contributed by atoms with Gasteiger partial charge in [-0.2, -0.15) is 0 Å². The van der Waals surface area contributed by atoms with Gasteiger partial charge in [0.2, 0.25) is 0 Å². The molecule has 2 nitrogen and oxygen atoms in total. The van der Waals surface area contributed by atoms with Crippen LogP contribution in [0, 0.1) is 5.92 Å². The van der Waals surface area contributed by atoms with E-state index in [1.165, 1.54) is 6.08 Å². The molecule has 1 atom stereocenters. The third-order valence-corrected chi connectivity index (χ3v) is 2.23. The summed E-state index contributed by atoms with van der Waals surface area (Å²) in [7, 11) is 0. The van der Waals surface area contributed by atoms with Gasteiger partial charge < -0.3 is 5.11 Å². The second kappa shape index (κ2) is 5.95. The summed E-state index contributed by atoms with van der Waals surface area (Å²) in [6.07, 6.45) is 2.83. The summed E-state index contributed by atoms with van der Waals surface area (Å²) in [5.74, 6) is 0.170. The Hall–Kier alpha value is -0.630. The first kappa shape index (κ1) is 11.4. The molecule has 0 saturated carbocycles. The number of rotatable bonds is 6. The predicted molar refractivity (Wildman–Crippen MR) is 49.9 cm³/mol. The summed E-state index contributed by atoms with van der Waals surface area (Å²) in [4.78, 5) is 10.9. The number of aliphatic hydroxyl groups is 1. The lowest BCUT2D eigenvalue weighted by molar-refractivity contribution is -0.117. The maximum atomic E-state index is 10.9. The van der Waals surface area contributed by atoms with Crippen LogP contribution in [-0.2, 0) is 4.79 Å². The summed E-state index contributed by atoms with van der Waals surface area (Å²) in [6.45, 7) is 7.41. The van der Waals surface area contributed by atoms with E-state index in [1.54, 1.807) is 0 Å². The van der Waals surface area contributed by atoms with E-state index >= 15 is 0 Å². The van der Waals surface area contributed by atoms with Crippen LogP contribution >= 0.6 is 0 Å². The van der Waals surface area contributed by atoms with Crippen LogP contribution in [0.2, 0.25) is 0 Å². The number of ketones is 1. The van der Waals surface area contributed by atoms with E-state index in [0.29, 0.717) is 0 Å². The highest BCUT2D eigenvalue weighted by Gasteiger charge is 2.17. The molecule has 0 amide bonds. The minimum Gasteiger partial charge on any atom is -0.392 e. The summed E-state index contributed by atoms with van der Waals surface area (Å²) in [5.41, 5.74) is 0. The first-order valence-corrected chi connectivity index (χ1v) is 4.49. The zero-order valence-electron chi connectivity index (χ0n) is 7.92. The monoisotopic (exact) mass is 170 g/mol. The number of aliphatic hydroxyl groups excluding tert-OH is 1. The van der Waals surface area contributed by atoms with Crippen LogP contribution in [0.5, 0.6) is 0 Å². The molecule has 12 heavy (non-hydrogen) atoms. The third-order valence-electron chi connectivity index (χ3n) is 2.23. The molecular formula is C10H18O2. The number of carbonyl (C=O) groups is 1. The van der Waals surface area contributed by atoms with Crippen molar-refractivity contribution in [1.29, 1.82) is 0 Å². The Balaban J connectivity index is 3.91. The van der Waals surface area contributed by atoms with E-state index in [-0.39, 0.29) is 18.1 Å². The van der Waals surface area contributed by atoms with E-state index < -0.39 is 6.10 Å². The van der Waals surface area contributed by atoms with Gasteiger partial charge in [-0.05, 0) is 12.0 Å². The molecule has 0 aliphatic rings. The lowest BCUT2D eigenvalue weighted by Crippen LogP contribution is -2.21. The summed E-state index contributed by atoms with van der Waals surface area (Å²) in [5, 5.41) is 9.54. The molecule has 0 spiro atoms. The van der Waals surface area contributed by atoms with Gasteiger partial charge in [-0.25, -0.2) is 0 Å². The quantitative estimate of drug-likeness (QED) is 0.618. The summed E-state index contributed by atoms with van der Waals surface area (Å²) in [6, 6.07) is 0. The van der Waals surface area contributed by atoms with Crippen molar-refractivity contribution in [3.63, 3.8) is 0 Å². The van der Waals surface area contributed by atoms with E-state index in [4.69, 9.17) is 0 Å². The van der Waals surface area contributed by atoms with Crippen LogP contribution < -0.4 is 0 Å². The van der Waals surface area contributed by atoms with E-state index in [2.05, 4.69) is 6.58 Å². The zero-order valence-corrected chi connectivity index (χ0v) is 7.92. The minimum absolute atomic E-state index is 0.0746. The van der Waals surface area contributed by atoms with Crippen molar-refractivity contribution in [3.8, 4) is 0 Å². The molecule has 0 heterocycles. The maximum absolute atomic E-state index is 10.9. The molecule has 0 aromatic rings. The Labute approximate surface area is 74.3 Å². The minimum atomic E-state index is -0.495. The molecule has 0 radical (unpaired) electrons. The highest BCUT2D eigenvalue weighted by Crippen LogP contribution is 2.15. The Bertz CT molecular complexity index is 148. The first-order chi connectivity index (χ1) is 5.65. The number of carbonyl (C=O) groups excluding carboxylic acids is 1. The summed E-state index contributed by atoms with van der Waals surface area (Å²) < 4.78 is 0. The van der Waals surface area contributed by atoms with Crippen molar-refractivity contribution in [1.82, 2.24) is 0 Å². The van der Waals surface area contributed by atoms with Crippen LogP contribution in [0.3, 0.4) is 0 Å². The average molecular weight is 170 g/mol. The fourth-order valence-electron chi connectivity index (χ4n) is 1.29. The Morgan fingerprint density at radius 2 is 2.00 bits per heavy atom. The Morgan fingerprint density at radius 1 is 1.50 bits per heavy atom. The van der Waals surface area contributed by atoms with Gasteiger partial charge in [0.15, 0.2) is 5.78 Å². The SMILES string of the molecule is C=CC(=O)C[C@@H](O)C(CC)CC. The van der Waals surface area contributed by atoms with E-state index in [1.807, 2.05) is 13.8 Å². The zero-order chi connectivity index (χ0) is 9.56. The fourth-order valence-corrected chi connectivity index (χ4v) is 1.29. The van der Waals surface area contributed by atoms with Gasteiger partial charge in [-0.15, -0.1) is 0 Å². The smallest absolute Gasteiger partial charge is 0.157 e. The number of allylic oxidation sites excluding steroid dienone is 1. The number of hydrogen-bond acceptors (Lipinski definition) is 2. The molecule has 0 aromatic heterocycles. The van der Waals surface area contributed by atoms with Crippen molar-refractivity contribution in [2.45, 2.75) is 39.2 Å². The molecule has 0 rings (SSSR count). The molecule has 0 aliphatic carbocycles.